The van der Waals surface area contributed by atoms with Crippen LogP contribution in [0.1, 0.15) is 31.4 Å². The Labute approximate surface area is 138 Å². The highest BCUT2D eigenvalue weighted by atomic mass is 16.2. The zero-order chi connectivity index (χ0) is 17.0. The molecular formula is C18H28N3O2+. The van der Waals surface area contributed by atoms with Crippen LogP contribution in [0, 0.1) is 25.7 Å². The van der Waals surface area contributed by atoms with Crippen molar-refractivity contribution in [3.05, 3.63) is 29.3 Å². The molecule has 2 rings (SSSR count). The molecule has 1 heterocycles. The molecule has 1 saturated heterocycles. The number of imide groups is 1. The van der Waals surface area contributed by atoms with E-state index >= 15 is 0 Å². The third-order valence-corrected chi connectivity index (χ3v) is 4.51. The van der Waals surface area contributed by atoms with Crippen LogP contribution in [0.4, 0.5) is 10.5 Å². The van der Waals surface area contributed by atoms with Crippen LogP contribution < -0.4 is 15.5 Å². The number of anilines is 1. The summed E-state index contributed by atoms with van der Waals surface area (Å²) in [5.41, 5.74) is 2.98. The molecule has 3 N–H and O–H groups in total. The molecule has 1 aromatic rings. The van der Waals surface area contributed by atoms with E-state index in [0.717, 1.165) is 18.7 Å². The van der Waals surface area contributed by atoms with Crippen LogP contribution in [0.3, 0.4) is 0 Å². The highest BCUT2D eigenvalue weighted by molar-refractivity contribution is 6.01. The molecule has 0 unspecified atom stereocenters. The lowest BCUT2D eigenvalue weighted by atomic mass is 9.92. The number of quaternary nitrogens is 1. The minimum absolute atomic E-state index is 0.220. The number of hydrogen-bond donors (Lipinski definition) is 3. The second-order valence-corrected chi connectivity index (χ2v) is 7.08. The number of amides is 3. The maximum Gasteiger partial charge on any atom is 0.326 e. The molecule has 3 amide bonds. The van der Waals surface area contributed by atoms with Crippen molar-refractivity contribution >= 4 is 17.6 Å². The van der Waals surface area contributed by atoms with Crippen LogP contribution in [-0.2, 0) is 4.79 Å². The maximum atomic E-state index is 12.1. The quantitative estimate of drug-likeness (QED) is 0.791. The van der Waals surface area contributed by atoms with E-state index in [4.69, 9.17) is 0 Å². The van der Waals surface area contributed by atoms with Gasteiger partial charge in [0.2, 0.25) is 0 Å². The molecule has 126 valence electrons. The lowest BCUT2D eigenvalue weighted by Gasteiger charge is -2.31. The molecule has 0 spiro atoms. The van der Waals surface area contributed by atoms with E-state index in [-0.39, 0.29) is 5.91 Å². The van der Waals surface area contributed by atoms with Gasteiger partial charge in [-0.2, -0.15) is 0 Å². The summed E-state index contributed by atoms with van der Waals surface area (Å²) in [7, 11) is 0. The number of carbonyl (C=O) groups is 2. The van der Waals surface area contributed by atoms with Crippen molar-refractivity contribution in [2.75, 3.05) is 25.0 Å². The summed E-state index contributed by atoms with van der Waals surface area (Å²) in [6.07, 6.45) is 1.22. The summed E-state index contributed by atoms with van der Waals surface area (Å²) >= 11 is 0. The van der Waals surface area contributed by atoms with Crippen molar-refractivity contribution in [3.63, 3.8) is 0 Å². The van der Waals surface area contributed by atoms with Gasteiger partial charge in [-0.1, -0.05) is 19.9 Å². The lowest BCUT2D eigenvalue weighted by molar-refractivity contribution is -0.904. The molecule has 1 aromatic carbocycles. The highest BCUT2D eigenvalue weighted by Gasteiger charge is 2.27. The van der Waals surface area contributed by atoms with E-state index in [1.165, 1.54) is 16.9 Å². The monoisotopic (exact) mass is 318 g/mol. The lowest BCUT2D eigenvalue weighted by Crippen LogP contribution is -3.15. The summed E-state index contributed by atoms with van der Waals surface area (Å²) in [6, 6.07) is 5.23. The van der Waals surface area contributed by atoms with Crippen LogP contribution in [0.25, 0.3) is 0 Å². The van der Waals surface area contributed by atoms with Crippen LogP contribution in [-0.4, -0.2) is 31.6 Å². The van der Waals surface area contributed by atoms with Crippen molar-refractivity contribution in [2.45, 2.75) is 34.1 Å². The number of carbonyl (C=O) groups excluding carboxylic acids is 2. The van der Waals surface area contributed by atoms with Crippen molar-refractivity contribution < 1.29 is 14.5 Å². The molecule has 1 aliphatic rings. The van der Waals surface area contributed by atoms with E-state index in [0.29, 0.717) is 24.1 Å². The van der Waals surface area contributed by atoms with Gasteiger partial charge >= 0.3 is 6.03 Å². The summed E-state index contributed by atoms with van der Waals surface area (Å²) in [5.74, 6) is 1.04. The molecule has 0 radical (unpaired) electrons. The Morgan fingerprint density at radius 1 is 1.13 bits per heavy atom. The summed E-state index contributed by atoms with van der Waals surface area (Å²) in [6.45, 7) is 10.8. The summed E-state index contributed by atoms with van der Waals surface area (Å²) in [5, 5.41) is 5.15. The number of urea groups is 1. The average molecular weight is 318 g/mol. The van der Waals surface area contributed by atoms with E-state index in [9.17, 15) is 9.59 Å². The van der Waals surface area contributed by atoms with Gasteiger partial charge in [0.05, 0.1) is 13.1 Å². The number of benzene rings is 1. The largest absolute Gasteiger partial charge is 0.327 e. The second kappa shape index (κ2) is 7.59. The van der Waals surface area contributed by atoms with E-state index in [2.05, 4.69) is 24.5 Å². The van der Waals surface area contributed by atoms with Gasteiger partial charge in [-0.3, -0.25) is 10.1 Å². The maximum absolute atomic E-state index is 12.1. The third-order valence-electron chi connectivity index (χ3n) is 4.51. The fourth-order valence-corrected chi connectivity index (χ4v) is 3.45. The van der Waals surface area contributed by atoms with Gasteiger partial charge in [-0.25, -0.2) is 4.79 Å². The van der Waals surface area contributed by atoms with Gasteiger partial charge in [0, 0.05) is 17.5 Å². The Balaban J connectivity index is 1.82. The normalized spacial score (nSPS) is 24.1. The molecule has 2 atom stereocenters. The first-order valence-corrected chi connectivity index (χ1v) is 8.35. The smallest absolute Gasteiger partial charge is 0.326 e. The predicted molar refractivity (Wildman–Crippen MR) is 91.6 cm³/mol. The minimum Gasteiger partial charge on any atom is -0.327 e. The van der Waals surface area contributed by atoms with Crippen molar-refractivity contribution in [2.24, 2.45) is 11.8 Å². The number of aryl methyl sites for hydroxylation is 2. The summed E-state index contributed by atoms with van der Waals surface area (Å²) in [4.78, 5) is 25.2. The summed E-state index contributed by atoms with van der Waals surface area (Å²) < 4.78 is 0. The van der Waals surface area contributed by atoms with E-state index < -0.39 is 6.03 Å². The number of piperidine rings is 1. The van der Waals surface area contributed by atoms with Crippen molar-refractivity contribution in [3.8, 4) is 0 Å². The molecule has 5 nitrogen and oxygen atoms in total. The number of likely N-dealkylation sites (tertiary alicyclic amines) is 1. The predicted octanol–water partition coefficient (Wildman–Crippen LogP) is 1.51. The number of nitrogens with one attached hydrogen (secondary N) is 3. The van der Waals surface area contributed by atoms with E-state index in [1.54, 1.807) is 0 Å². The molecule has 1 aliphatic heterocycles. The van der Waals surface area contributed by atoms with Gasteiger partial charge in [0.1, 0.15) is 0 Å². The van der Waals surface area contributed by atoms with Gasteiger partial charge < -0.3 is 10.2 Å². The Morgan fingerprint density at radius 3 is 2.39 bits per heavy atom. The van der Waals surface area contributed by atoms with Crippen LogP contribution in [0.15, 0.2) is 18.2 Å². The van der Waals surface area contributed by atoms with Gasteiger partial charge in [-0.15, -0.1) is 0 Å². The third kappa shape index (κ3) is 5.36. The molecule has 23 heavy (non-hydrogen) atoms. The van der Waals surface area contributed by atoms with Crippen LogP contribution in [0.5, 0.6) is 0 Å². The first-order chi connectivity index (χ1) is 10.8. The molecule has 0 aliphatic carbocycles. The highest BCUT2D eigenvalue weighted by Crippen LogP contribution is 2.14. The fourth-order valence-electron chi connectivity index (χ4n) is 3.45. The molecule has 0 aromatic heterocycles. The van der Waals surface area contributed by atoms with E-state index in [1.807, 2.05) is 32.0 Å². The Kier molecular flexibility index (Phi) is 5.77. The zero-order valence-electron chi connectivity index (χ0n) is 14.5. The molecule has 0 bridgehead atoms. The van der Waals surface area contributed by atoms with Crippen molar-refractivity contribution in [1.82, 2.24) is 5.32 Å². The average Bonchev–Trinajstić information content (AvgIpc) is 2.41. The molecule has 5 heteroatoms. The van der Waals surface area contributed by atoms with Gasteiger partial charge in [-0.05, 0) is 43.5 Å². The fraction of sp³-hybridized carbons (Fsp3) is 0.556. The zero-order valence-corrected chi connectivity index (χ0v) is 14.5. The number of rotatable bonds is 3. The van der Waals surface area contributed by atoms with Crippen LogP contribution >= 0.6 is 0 Å². The number of hydrogen-bond acceptors (Lipinski definition) is 2. The van der Waals surface area contributed by atoms with Crippen molar-refractivity contribution in [1.29, 1.82) is 0 Å². The first kappa shape index (κ1) is 17.5. The topological polar surface area (TPSA) is 62.6 Å². The minimum atomic E-state index is -0.462. The van der Waals surface area contributed by atoms with Crippen LogP contribution in [0.2, 0.25) is 0 Å². The Hall–Kier alpha value is -1.88. The van der Waals surface area contributed by atoms with Gasteiger partial charge in [0.25, 0.3) is 5.91 Å². The Morgan fingerprint density at radius 2 is 1.78 bits per heavy atom. The second-order valence-electron chi connectivity index (χ2n) is 7.08. The standard InChI is InChI=1S/C18H27N3O2/c1-12-7-13(2)10-21(9-12)11-17(22)20-18(23)19-16-6-5-14(3)15(4)8-16/h5-6,8,12-13H,7,9-11H2,1-4H3,(H2,19,20,22,23)/p+1/t12-,13-/m0/s1. The SMILES string of the molecule is Cc1ccc(NC(=O)NC(=O)C[NH+]2C[C@@H](C)C[C@H](C)C2)cc1C. The molecule has 0 saturated carbocycles. The van der Waals surface area contributed by atoms with Gasteiger partial charge in [0.15, 0.2) is 6.54 Å². The Bertz CT molecular complexity index is 576. The first-order valence-electron chi connectivity index (χ1n) is 8.35. The molecular weight excluding hydrogens is 290 g/mol. The molecule has 1 fully saturated rings.